The molecule has 0 spiro atoms. The predicted octanol–water partition coefficient (Wildman–Crippen LogP) is 1.79. The number of benzene rings is 1. The number of nitrogens with two attached hydrogens (primary N) is 1. The van der Waals surface area contributed by atoms with Crippen LogP contribution >= 0.6 is 0 Å². The van der Waals surface area contributed by atoms with Gasteiger partial charge in [-0.2, -0.15) is 5.10 Å². The smallest absolute Gasteiger partial charge is 0.131 e. The molecular formula is C10H9F2N3. The van der Waals surface area contributed by atoms with Crippen molar-refractivity contribution in [2.45, 2.75) is 6.54 Å². The maximum Gasteiger partial charge on any atom is 0.131 e. The number of nitrogen functional groups attached to an aromatic ring is 1. The molecule has 0 aliphatic rings. The lowest BCUT2D eigenvalue weighted by molar-refractivity contribution is 0.533. The molecule has 1 aromatic heterocycles. The molecule has 0 atom stereocenters. The van der Waals surface area contributed by atoms with E-state index in [1.165, 1.54) is 35.3 Å². The van der Waals surface area contributed by atoms with E-state index in [0.29, 0.717) is 5.69 Å². The SMILES string of the molecule is Nc1cnn(Cc2c(F)cccc2F)c1. The fourth-order valence-corrected chi connectivity index (χ4v) is 1.31. The van der Waals surface area contributed by atoms with E-state index in [2.05, 4.69) is 5.10 Å². The average Bonchev–Trinajstić information content (AvgIpc) is 2.58. The maximum absolute atomic E-state index is 13.2. The molecule has 0 fully saturated rings. The molecule has 0 saturated heterocycles. The summed E-state index contributed by atoms with van der Waals surface area (Å²) in [5.41, 5.74) is 5.89. The summed E-state index contributed by atoms with van der Waals surface area (Å²) in [5, 5.41) is 3.85. The van der Waals surface area contributed by atoms with Gasteiger partial charge in [0.25, 0.3) is 0 Å². The molecule has 3 nitrogen and oxygen atoms in total. The van der Waals surface area contributed by atoms with Crippen LogP contribution in [0.15, 0.2) is 30.6 Å². The summed E-state index contributed by atoms with van der Waals surface area (Å²) in [4.78, 5) is 0. The molecule has 0 bridgehead atoms. The number of hydrogen-bond acceptors (Lipinski definition) is 2. The molecule has 2 rings (SSSR count). The van der Waals surface area contributed by atoms with Crippen molar-refractivity contribution in [1.82, 2.24) is 9.78 Å². The highest BCUT2D eigenvalue weighted by atomic mass is 19.1. The summed E-state index contributed by atoms with van der Waals surface area (Å²) in [6.45, 7) is 0.0374. The topological polar surface area (TPSA) is 43.8 Å². The number of aromatic nitrogens is 2. The Morgan fingerprint density at radius 2 is 1.93 bits per heavy atom. The summed E-state index contributed by atoms with van der Waals surface area (Å²) in [6.07, 6.45) is 2.95. The van der Waals surface area contributed by atoms with Crippen LogP contribution in [0.3, 0.4) is 0 Å². The minimum atomic E-state index is -0.580. The Morgan fingerprint density at radius 1 is 1.27 bits per heavy atom. The van der Waals surface area contributed by atoms with Crippen molar-refractivity contribution in [3.05, 3.63) is 47.8 Å². The van der Waals surface area contributed by atoms with Crippen LogP contribution in [-0.2, 0) is 6.54 Å². The van der Waals surface area contributed by atoms with E-state index in [1.807, 2.05) is 0 Å². The van der Waals surface area contributed by atoms with E-state index in [-0.39, 0.29) is 12.1 Å². The molecule has 15 heavy (non-hydrogen) atoms. The Labute approximate surface area is 85.1 Å². The number of hydrogen-bond donors (Lipinski definition) is 1. The Kier molecular flexibility index (Phi) is 2.37. The van der Waals surface area contributed by atoms with Gasteiger partial charge in [0.05, 0.1) is 18.4 Å². The second kappa shape index (κ2) is 3.68. The minimum absolute atomic E-state index is 0.0133. The van der Waals surface area contributed by atoms with Crippen LogP contribution in [0.4, 0.5) is 14.5 Å². The van der Waals surface area contributed by atoms with E-state index in [0.717, 1.165) is 0 Å². The Bertz CT molecular complexity index is 459. The van der Waals surface area contributed by atoms with Gasteiger partial charge in [-0.15, -0.1) is 0 Å². The molecule has 5 heteroatoms. The van der Waals surface area contributed by atoms with E-state index in [9.17, 15) is 8.78 Å². The molecule has 0 aliphatic heterocycles. The largest absolute Gasteiger partial charge is 0.396 e. The number of rotatable bonds is 2. The van der Waals surface area contributed by atoms with E-state index < -0.39 is 11.6 Å². The van der Waals surface area contributed by atoms with Gasteiger partial charge >= 0.3 is 0 Å². The van der Waals surface area contributed by atoms with Crippen LogP contribution in [0.2, 0.25) is 0 Å². The summed E-state index contributed by atoms with van der Waals surface area (Å²) in [6, 6.07) is 3.75. The van der Waals surface area contributed by atoms with Crippen molar-refractivity contribution in [2.75, 3.05) is 5.73 Å². The third-order valence-corrected chi connectivity index (χ3v) is 2.04. The zero-order chi connectivity index (χ0) is 10.8. The molecular weight excluding hydrogens is 200 g/mol. The highest BCUT2D eigenvalue weighted by Gasteiger charge is 2.09. The fourth-order valence-electron chi connectivity index (χ4n) is 1.31. The van der Waals surface area contributed by atoms with Crippen molar-refractivity contribution >= 4 is 5.69 Å². The van der Waals surface area contributed by atoms with Gasteiger partial charge in [0, 0.05) is 11.8 Å². The zero-order valence-electron chi connectivity index (χ0n) is 7.82. The molecule has 0 aliphatic carbocycles. The molecule has 0 saturated carbocycles. The van der Waals surface area contributed by atoms with Gasteiger partial charge in [-0.25, -0.2) is 8.78 Å². The summed E-state index contributed by atoms with van der Waals surface area (Å²) >= 11 is 0. The minimum Gasteiger partial charge on any atom is -0.396 e. The quantitative estimate of drug-likeness (QED) is 0.819. The Balaban J connectivity index is 2.31. The lowest BCUT2D eigenvalue weighted by Gasteiger charge is -2.04. The first kappa shape index (κ1) is 9.64. The summed E-state index contributed by atoms with van der Waals surface area (Å²) in [5.74, 6) is -1.16. The second-order valence-corrected chi connectivity index (χ2v) is 3.17. The van der Waals surface area contributed by atoms with Gasteiger partial charge in [-0.05, 0) is 12.1 Å². The van der Waals surface area contributed by atoms with Crippen molar-refractivity contribution in [1.29, 1.82) is 0 Å². The van der Waals surface area contributed by atoms with Crippen LogP contribution in [0.5, 0.6) is 0 Å². The molecule has 0 radical (unpaired) electrons. The molecule has 0 amide bonds. The maximum atomic E-state index is 13.2. The van der Waals surface area contributed by atoms with Crippen LogP contribution in [0.25, 0.3) is 0 Å². The van der Waals surface area contributed by atoms with Gasteiger partial charge in [-0.3, -0.25) is 4.68 Å². The van der Waals surface area contributed by atoms with Crippen LogP contribution < -0.4 is 5.73 Å². The first-order chi connectivity index (χ1) is 7.16. The van der Waals surface area contributed by atoms with Crippen LogP contribution in [0, 0.1) is 11.6 Å². The first-order valence-electron chi connectivity index (χ1n) is 4.37. The second-order valence-electron chi connectivity index (χ2n) is 3.17. The highest BCUT2D eigenvalue weighted by Crippen LogP contribution is 2.13. The molecule has 78 valence electrons. The zero-order valence-corrected chi connectivity index (χ0v) is 7.82. The third kappa shape index (κ3) is 1.96. The monoisotopic (exact) mass is 209 g/mol. The van der Waals surface area contributed by atoms with Crippen molar-refractivity contribution < 1.29 is 8.78 Å². The van der Waals surface area contributed by atoms with Crippen molar-refractivity contribution in [3.8, 4) is 0 Å². The summed E-state index contributed by atoms with van der Waals surface area (Å²) in [7, 11) is 0. The third-order valence-electron chi connectivity index (χ3n) is 2.04. The van der Waals surface area contributed by atoms with E-state index >= 15 is 0 Å². The normalized spacial score (nSPS) is 10.5. The lowest BCUT2D eigenvalue weighted by Crippen LogP contribution is -2.04. The van der Waals surface area contributed by atoms with Gasteiger partial charge < -0.3 is 5.73 Å². The Hall–Kier alpha value is -1.91. The standard InChI is InChI=1S/C10H9F2N3/c11-9-2-1-3-10(12)8(9)6-15-5-7(13)4-14-15/h1-5H,6,13H2. The van der Waals surface area contributed by atoms with Gasteiger partial charge in [0.1, 0.15) is 11.6 Å². The van der Waals surface area contributed by atoms with Gasteiger partial charge in [0.2, 0.25) is 0 Å². The van der Waals surface area contributed by atoms with Crippen LogP contribution in [-0.4, -0.2) is 9.78 Å². The summed E-state index contributed by atoms with van der Waals surface area (Å²) < 4.78 is 27.8. The van der Waals surface area contributed by atoms with Crippen LogP contribution in [0.1, 0.15) is 5.56 Å². The van der Waals surface area contributed by atoms with Gasteiger partial charge in [0.15, 0.2) is 0 Å². The molecule has 2 aromatic rings. The first-order valence-corrected chi connectivity index (χ1v) is 4.37. The molecule has 1 heterocycles. The van der Waals surface area contributed by atoms with E-state index in [4.69, 9.17) is 5.73 Å². The Morgan fingerprint density at radius 3 is 2.47 bits per heavy atom. The van der Waals surface area contributed by atoms with Crippen molar-refractivity contribution in [2.24, 2.45) is 0 Å². The highest BCUT2D eigenvalue weighted by molar-refractivity contribution is 5.31. The average molecular weight is 209 g/mol. The predicted molar refractivity (Wildman–Crippen MR) is 52.1 cm³/mol. The number of anilines is 1. The molecule has 1 aromatic carbocycles. The lowest BCUT2D eigenvalue weighted by atomic mass is 10.2. The fraction of sp³-hybridized carbons (Fsp3) is 0.100. The number of halogens is 2. The van der Waals surface area contributed by atoms with Gasteiger partial charge in [-0.1, -0.05) is 6.07 Å². The number of nitrogens with zero attached hydrogens (tertiary/aromatic N) is 2. The molecule has 0 unspecified atom stereocenters. The van der Waals surface area contributed by atoms with E-state index in [1.54, 1.807) is 0 Å². The molecule has 2 N–H and O–H groups in total. The van der Waals surface area contributed by atoms with Crippen molar-refractivity contribution in [3.63, 3.8) is 0 Å².